The molecule has 0 bridgehead atoms. The molecule has 41 heavy (non-hydrogen) atoms. The first-order chi connectivity index (χ1) is 19.0. The molecule has 12 nitrogen and oxygen atoms in total. The summed E-state index contributed by atoms with van der Waals surface area (Å²) in [4.78, 5) is 39.9. The van der Waals surface area contributed by atoms with Gasteiger partial charge in [-0.3, -0.25) is 4.79 Å². The second-order valence-electron chi connectivity index (χ2n) is 10.6. The van der Waals surface area contributed by atoms with Crippen molar-refractivity contribution in [2.75, 3.05) is 10.2 Å². The van der Waals surface area contributed by atoms with Crippen molar-refractivity contribution in [1.29, 1.82) is 0 Å². The average molecular weight is 612 g/mol. The zero-order chi connectivity index (χ0) is 30.7. The van der Waals surface area contributed by atoms with Crippen LogP contribution in [-0.2, 0) is 9.47 Å². The van der Waals surface area contributed by atoms with E-state index in [-0.39, 0.29) is 32.7 Å². The number of hydrogen-bond donors (Lipinski definition) is 1. The van der Waals surface area contributed by atoms with Gasteiger partial charge in [-0.2, -0.15) is 4.90 Å². The highest BCUT2D eigenvalue weighted by Crippen LogP contribution is 2.38. The molecule has 0 radical (unpaired) electrons. The molecular formula is C26H28Cl2FN5O7. The summed E-state index contributed by atoms with van der Waals surface area (Å²) in [5, 5.41) is 13.6. The second-order valence-corrected chi connectivity index (χ2v) is 11.4. The van der Waals surface area contributed by atoms with Crippen molar-refractivity contribution in [2.24, 2.45) is 0 Å². The van der Waals surface area contributed by atoms with Gasteiger partial charge in [0.05, 0.1) is 11.2 Å². The molecule has 0 aliphatic rings. The van der Waals surface area contributed by atoms with Crippen LogP contribution in [0.2, 0.25) is 10.0 Å². The van der Waals surface area contributed by atoms with Crippen LogP contribution in [0.5, 0.6) is 5.75 Å². The van der Waals surface area contributed by atoms with E-state index in [1.165, 1.54) is 25.5 Å². The molecule has 1 N–H and O–H groups in total. The summed E-state index contributed by atoms with van der Waals surface area (Å²) in [6, 6.07) is 3.49. The van der Waals surface area contributed by atoms with Crippen molar-refractivity contribution >= 4 is 52.8 Å². The SMILES string of the molecule is CC(Oc1cc(C(=O)Nc2cnoc2)nnc1N(C(=O)OC(C)(C)C)C(=O)OC(C)(C)C)c1c(Cl)ccc(F)c1Cl. The molecule has 0 fully saturated rings. The quantitative estimate of drug-likeness (QED) is 0.289. The van der Waals surface area contributed by atoms with E-state index in [0.717, 1.165) is 12.1 Å². The highest BCUT2D eigenvalue weighted by atomic mass is 35.5. The minimum Gasteiger partial charge on any atom is -0.482 e. The van der Waals surface area contributed by atoms with Crippen molar-refractivity contribution in [3.05, 3.63) is 57.8 Å². The van der Waals surface area contributed by atoms with E-state index in [1.54, 1.807) is 41.5 Å². The van der Waals surface area contributed by atoms with Gasteiger partial charge in [-0.05, 0) is 60.6 Å². The Labute approximate surface area is 245 Å². The smallest absolute Gasteiger partial charge is 0.425 e. The first-order valence-corrected chi connectivity index (χ1v) is 12.9. The fraction of sp³-hybridized carbons (Fsp3) is 0.385. The van der Waals surface area contributed by atoms with E-state index in [1.807, 2.05) is 0 Å². The molecule has 1 atom stereocenters. The molecule has 0 aliphatic heterocycles. The Hall–Kier alpha value is -3.97. The highest BCUT2D eigenvalue weighted by Gasteiger charge is 2.37. The number of halogens is 3. The molecule has 3 amide bonds. The van der Waals surface area contributed by atoms with Gasteiger partial charge >= 0.3 is 12.2 Å². The van der Waals surface area contributed by atoms with Crippen molar-refractivity contribution in [3.8, 4) is 5.75 Å². The van der Waals surface area contributed by atoms with Crippen molar-refractivity contribution < 1.29 is 37.5 Å². The number of rotatable bonds is 6. The lowest BCUT2D eigenvalue weighted by Gasteiger charge is -2.29. The summed E-state index contributed by atoms with van der Waals surface area (Å²) in [5.41, 5.74) is -2.06. The maximum absolute atomic E-state index is 14.3. The monoisotopic (exact) mass is 611 g/mol. The number of benzene rings is 1. The van der Waals surface area contributed by atoms with E-state index in [2.05, 4.69) is 20.7 Å². The van der Waals surface area contributed by atoms with E-state index >= 15 is 0 Å². The van der Waals surface area contributed by atoms with E-state index < -0.39 is 47.0 Å². The van der Waals surface area contributed by atoms with Crippen LogP contribution < -0.4 is 15.0 Å². The molecule has 2 heterocycles. The van der Waals surface area contributed by atoms with Crippen LogP contribution in [0, 0.1) is 5.82 Å². The number of aromatic nitrogens is 3. The summed E-state index contributed by atoms with van der Waals surface area (Å²) in [6.45, 7) is 11.0. The summed E-state index contributed by atoms with van der Waals surface area (Å²) in [7, 11) is 0. The molecule has 2 aromatic heterocycles. The Kier molecular flexibility index (Phi) is 9.44. The molecule has 1 unspecified atom stereocenters. The largest absolute Gasteiger partial charge is 0.482 e. The van der Waals surface area contributed by atoms with Crippen LogP contribution in [-0.4, -0.2) is 44.6 Å². The predicted molar refractivity (Wildman–Crippen MR) is 147 cm³/mol. The second kappa shape index (κ2) is 12.3. The molecule has 0 saturated carbocycles. The van der Waals surface area contributed by atoms with Gasteiger partial charge in [-0.25, -0.2) is 14.0 Å². The van der Waals surface area contributed by atoms with Gasteiger partial charge < -0.3 is 24.1 Å². The molecule has 0 saturated heterocycles. The fourth-order valence-corrected chi connectivity index (χ4v) is 3.89. The molecule has 0 aliphatic carbocycles. The van der Waals surface area contributed by atoms with Gasteiger partial charge in [0.25, 0.3) is 5.91 Å². The topological polar surface area (TPSA) is 146 Å². The van der Waals surface area contributed by atoms with Gasteiger partial charge in [0.2, 0.25) is 5.82 Å². The Morgan fingerprint density at radius 1 is 1.02 bits per heavy atom. The van der Waals surface area contributed by atoms with Crippen molar-refractivity contribution in [2.45, 2.75) is 65.8 Å². The number of hydrogen-bond acceptors (Lipinski definition) is 10. The number of carbonyl (C=O) groups excluding carboxylic acids is 3. The lowest BCUT2D eigenvalue weighted by Crippen LogP contribution is -2.44. The Morgan fingerprint density at radius 3 is 2.17 bits per heavy atom. The normalized spacial score (nSPS) is 12.3. The van der Waals surface area contributed by atoms with Gasteiger partial charge in [0, 0.05) is 16.7 Å². The van der Waals surface area contributed by atoms with Crippen LogP contribution in [0.4, 0.5) is 25.5 Å². The Balaban J connectivity index is 2.15. The van der Waals surface area contributed by atoms with Crippen molar-refractivity contribution in [1.82, 2.24) is 15.4 Å². The number of ether oxygens (including phenoxy) is 3. The molecule has 220 valence electrons. The van der Waals surface area contributed by atoms with Gasteiger partial charge in [-0.1, -0.05) is 28.4 Å². The third kappa shape index (κ3) is 8.27. The molecular weight excluding hydrogens is 584 g/mol. The maximum Gasteiger partial charge on any atom is 0.425 e. The minimum atomic E-state index is -1.16. The summed E-state index contributed by atoms with van der Waals surface area (Å²) in [5.74, 6) is -2.30. The lowest BCUT2D eigenvalue weighted by atomic mass is 10.1. The zero-order valence-electron chi connectivity index (χ0n) is 23.2. The van der Waals surface area contributed by atoms with E-state index in [9.17, 15) is 18.8 Å². The predicted octanol–water partition coefficient (Wildman–Crippen LogP) is 6.98. The third-order valence-electron chi connectivity index (χ3n) is 4.82. The average Bonchev–Trinajstić information content (AvgIpc) is 3.33. The van der Waals surface area contributed by atoms with Crippen LogP contribution in [0.15, 0.2) is 35.2 Å². The highest BCUT2D eigenvalue weighted by molar-refractivity contribution is 6.36. The first-order valence-electron chi connectivity index (χ1n) is 12.1. The molecule has 0 spiro atoms. The number of carbonyl (C=O) groups is 3. The number of nitrogens with zero attached hydrogens (tertiary/aromatic N) is 4. The number of nitrogens with one attached hydrogen (secondary N) is 1. The fourth-order valence-electron chi connectivity index (χ4n) is 3.21. The molecule has 15 heteroatoms. The zero-order valence-corrected chi connectivity index (χ0v) is 24.8. The Morgan fingerprint density at radius 2 is 1.63 bits per heavy atom. The summed E-state index contributed by atoms with van der Waals surface area (Å²) < 4.78 is 35.8. The third-order valence-corrected chi connectivity index (χ3v) is 5.53. The summed E-state index contributed by atoms with van der Waals surface area (Å²) >= 11 is 12.4. The Bertz CT molecular complexity index is 1410. The van der Waals surface area contributed by atoms with Crippen molar-refractivity contribution in [3.63, 3.8) is 0 Å². The first kappa shape index (κ1) is 31.6. The van der Waals surface area contributed by atoms with Crippen LogP contribution in [0.3, 0.4) is 0 Å². The molecule has 1 aromatic carbocycles. The number of anilines is 2. The van der Waals surface area contributed by atoms with Crippen LogP contribution in [0.25, 0.3) is 0 Å². The molecule has 3 aromatic rings. The van der Waals surface area contributed by atoms with E-state index in [0.29, 0.717) is 4.90 Å². The van der Waals surface area contributed by atoms with Gasteiger partial charge in [0.1, 0.15) is 35.1 Å². The van der Waals surface area contributed by atoms with Crippen LogP contribution >= 0.6 is 23.2 Å². The standard InChI is InChI=1S/C26H28Cl2FN5O7/c1-13(19-15(27)8-9-16(29)20(19)28)39-18-10-17(22(35)31-14-11-30-38-12-14)32-33-21(18)34(23(36)40-25(2,3)4)24(37)41-26(5,6)7/h8-13H,1-7H3,(H,31,35). The number of imide groups is 1. The van der Waals surface area contributed by atoms with Gasteiger partial charge in [-0.15, -0.1) is 10.2 Å². The number of amides is 3. The van der Waals surface area contributed by atoms with Gasteiger partial charge in [0.15, 0.2) is 11.4 Å². The lowest BCUT2D eigenvalue weighted by molar-refractivity contribution is 0.0425. The maximum atomic E-state index is 14.3. The summed E-state index contributed by atoms with van der Waals surface area (Å²) in [6.07, 6.45) is -0.981. The van der Waals surface area contributed by atoms with Crippen LogP contribution in [0.1, 0.15) is 70.6 Å². The van der Waals surface area contributed by atoms with E-state index in [4.69, 9.17) is 41.9 Å². The molecule has 3 rings (SSSR count). The minimum absolute atomic E-state index is 0.0626.